The zero-order valence-electron chi connectivity index (χ0n) is 11.6. The van der Waals surface area contributed by atoms with E-state index in [1.165, 1.54) is 5.56 Å². The monoisotopic (exact) mass is 262 g/mol. The second kappa shape index (κ2) is 8.32. The lowest BCUT2D eigenvalue weighted by atomic mass is 10.2. The molecule has 0 saturated carbocycles. The highest BCUT2D eigenvalue weighted by Gasteiger charge is 2.13. The van der Waals surface area contributed by atoms with Gasteiger partial charge in [-0.05, 0) is 31.2 Å². The largest absolute Gasteiger partial charge is 0.481 e. The maximum Gasteiger partial charge on any atom is 0.261 e. The van der Waals surface area contributed by atoms with Crippen molar-refractivity contribution in [3.05, 3.63) is 42.5 Å². The molecule has 0 spiro atoms. The van der Waals surface area contributed by atoms with Crippen molar-refractivity contribution in [2.75, 3.05) is 13.1 Å². The van der Waals surface area contributed by atoms with E-state index in [0.717, 1.165) is 13.1 Å². The first kappa shape index (κ1) is 15.2. The molecule has 1 rings (SSSR count). The average Bonchev–Trinajstić information content (AvgIpc) is 2.43. The molecule has 19 heavy (non-hydrogen) atoms. The molecule has 1 amide bonds. The summed E-state index contributed by atoms with van der Waals surface area (Å²) in [6, 6.07) is 7.74. The van der Waals surface area contributed by atoms with E-state index in [-0.39, 0.29) is 5.91 Å². The van der Waals surface area contributed by atoms with Gasteiger partial charge in [0.25, 0.3) is 5.91 Å². The first-order valence-electron chi connectivity index (χ1n) is 6.52. The van der Waals surface area contributed by atoms with E-state index >= 15 is 0 Å². The van der Waals surface area contributed by atoms with Gasteiger partial charge in [-0.25, -0.2) is 0 Å². The molecule has 104 valence electrons. The molecule has 0 aliphatic heterocycles. The van der Waals surface area contributed by atoms with Crippen molar-refractivity contribution in [2.24, 2.45) is 0 Å². The van der Waals surface area contributed by atoms with E-state index in [1.54, 1.807) is 13.0 Å². The van der Waals surface area contributed by atoms with Gasteiger partial charge in [-0.3, -0.25) is 4.79 Å². The van der Waals surface area contributed by atoms with Gasteiger partial charge in [-0.2, -0.15) is 0 Å². The number of hydrogen-bond acceptors (Lipinski definition) is 3. The summed E-state index contributed by atoms with van der Waals surface area (Å²) in [5, 5.41) is 5.95. The third-order valence-corrected chi connectivity index (χ3v) is 2.61. The van der Waals surface area contributed by atoms with Gasteiger partial charge in [-0.1, -0.05) is 25.1 Å². The summed E-state index contributed by atoms with van der Waals surface area (Å²) in [5.74, 6) is 0.554. The van der Waals surface area contributed by atoms with Crippen LogP contribution in [0.25, 0.3) is 0 Å². The van der Waals surface area contributed by atoms with E-state index in [9.17, 15) is 4.79 Å². The lowest BCUT2D eigenvalue weighted by Crippen LogP contribution is -2.36. The second-order valence-corrected chi connectivity index (χ2v) is 4.22. The number of amides is 1. The first-order chi connectivity index (χ1) is 9.17. The Hall–Kier alpha value is -1.81. The number of carbonyl (C=O) groups excluding carboxylic acids is 1. The van der Waals surface area contributed by atoms with E-state index in [1.807, 2.05) is 24.3 Å². The lowest BCUT2D eigenvalue weighted by molar-refractivity contribution is -0.127. The van der Waals surface area contributed by atoms with Crippen LogP contribution in [-0.2, 0) is 11.3 Å². The highest BCUT2D eigenvalue weighted by molar-refractivity contribution is 5.80. The highest BCUT2D eigenvalue weighted by Crippen LogP contribution is 2.13. The van der Waals surface area contributed by atoms with Crippen molar-refractivity contribution < 1.29 is 9.53 Å². The molecule has 0 aliphatic rings. The molecule has 4 heteroatoms. The third-order valence-electron chi connectivity index (χ3n) is 2.61. The predicted molar refractivity (Wildman–Crippen MR) is 77.1 cm³/mol. The predicted octanol–water partition coefficient (Wildman–Crippen LogP) is 1.87. The average molecular weight is 262 g/mol. The quantitative estimate of drug-likeness (QED) is 0.703. The molecule has 0 heterocycles. The molecule has 0 fully saturated rings. The van der Waals surface area contributed by atoms with Crippen LogP contribution < -0.4 is 15.4 Å². The van der Waals surface area contributed by atoms with Crippen LogP contribution in [0.15, 0.2) is 36.9 Å². The van der Waals surface area contributed by atoms with Gasteiger partial charge >= 0.3 is 0 Å². The number of carbonyl (C=O) groups is 1. The summed E-state index contributed by atoms with van der Waals surface area (Å²) in [6.45, 7) is 9.58. The maximum absolute atomic E-state index is 11.6. The van der Waals surface area contributed by atoms with Gasteiger partial charge in [0, 0.05) is 13.1 Å². The molecular formula is C15H22N2O2. The Bertz CT molecular complexity index is 401. The molecular weight excluding hydrogens is 240 g/mol. The van der Waals surface area contributed by atoms with Crippen LogP contribution in [0.3, 0.4) is 0 Å². The summed E-state index contributed by atoms with van der Waals surface area (Å²) in [5.41, 5.74) is 1.19. The van der Waals surface area contributed by atoms with Crippen molar-refractivity contribution in [3.63, 3.8) is 0 Å². The van der Waals surface area contributed by atoms with E-state index in [0.29, 0.717) is 12.3 Å². The molecule has 4 nitrogen and oxygen atoms in total. The van der Waals surface area contributed by atoms with Gasteiger partial charge in [-0.15, -0.1) is 6.58 Å². The Balaban J connectivity index is 2.47. The van der Waals surface area contributed by atoms with Crippen LogP contribution in [0.5, 0.6) is 5.75 Å². The third kappa shape index (κ3) is 5.57. The van der Waals surface area contributed by atoms with E-state index in [2.05, 4.69) is 24.1 Å². The molecule has 0 radical (unpaired) electrons. The normalized spacial score (nSPS) is 11.7. The molecule has 0 aliphatic carbocycles. The Morgan fingerprint density at radius 3 is 2.68 bits per heavy atom. The van der Waals surface area contributed by atoms with E-state index in [4.69, 9.17) is 4.74 Å². The number of ether oxygens (including phenoxy) is 1. The topological polar surface area (TPSA) is 50.4 Å². The summed E-state index contributed by atoms with van der Waals surface area (Å²) in [6.07, 6.45) is 1.12. The molecule has 0 aromatic heterocycles. The van der Waals surface area contributed by atoms with Crippen LogP contribution in [0, 0.1) is 0 Å². The summed E-state index contributed by atoms with van der Waals surface area (Å²) in [4.78, 5) is 11.6. The van der Waals surface area contributed by atoms with Crippen molar-refractivity contribution in [1.82, 2.24) is 10.6 Å². The maximum atomic E-state index is 11.6. The smallest absolute Gasteiger partial charge is 0.261 e. The molecule has 1 aromatic rings. The van der Waals surface area contributed by atoms with Crippen molar-refractivity contribution >= 4 is 5.91 Å². The fourth-order valence-corrected chi connectivity index (χ4v) is 1.53. The Morgan fingerprint density at radius 1 is 1.42 bits per heavy atom. The summed E-state index contributed by atoms with van der Waals surface area (Å²) in [7, 11) is 0. The first-order valence-corrected chi connectivity index (χ1v) is 6.52. The van der Waals surface area contributed by atoms with Crippen molar-refractivity contribution in [1.29, 1.82) is 0 Å². The Kier molecular flexibility index (Phi) is 6.68. The van der Waals surface area contributed by atoms with Crippen molar-refractivity contribution in [2.45, 2.75) is 26.5 Å². The minimum atomic E-state index is -0.514. The fraction of sp³-hybridized carbons (Fsp3) is 0.400. The minimum absolute atomic E-state index is 0.142. The Labute approximate surface area is 114 Å². The second-order valence-electron chi connectivity index (χ2n) is 4.22. The van der Waals surface area contributed by atoms with Crippen LogP contribution in [0.2, 0.25) is 0 Å². The molecule has 1 atom stereocenters. The molecule has 1 aromatic carbocycles. The molecule has 2 N–H and O–H groups in total. The van der Waals surface area contributed by atoms with Crippen molar-refractivity contribution in [3.8, 4) is 5.75 Å². The minimum Gasteiger partial charge on any atom is -0.481 e. The van der Waals surface area contributed by atoms with Gasteiger partial charge < -0.3 is 15.4 Å². The number of benzene rings is 1. The number of nitrogens with one attached hydrogen (secondary N) is 2. The zero-order chi connectivity index (χ0) is 14.1. The summed E-state index contributed by atoms with van der Waals surface area (Å²) < 4.78 is 5.57. The van der Waals surface area contributed by atoms with Gasteiger partial charge in [0.15, 0.2) is 6.10 Å². The van der Waals surface area contributed by atoms with Gasteiger partial charge in [0.1, 0.15) is 5.75 Å². The SMILES string of the molecule is C=CCNC(=O)C(C)Oc1ccc(CNCC)cc1. The summed E-state index contributed by atoms with van der Waals surface area (Å²) >= 11 is 0. The van der Waals surface area contributed by atoms with Crippen LogP contribution >= 0.6 is 0 Å². The van der Waals surface area contributed by atoms with E-state index < -0.39 is 6.10 Å². The van der Waals surface area contributed by atoms with Crippen LogP contribution in [0.4, 0.5) is 0 Å². The van der Waals surface area contributed by atoms with Gasteiger partial charge in [0.05, 0.1) is 0 Å². The zero-order valence-corrected chi connectivity index (χ0v) is 11.6. The molecule has 0 bridgehead atoms. The standard InChI is InChI=1S/C15H22N2O2/c1-4-10-17-15(18)12(3)19-14-8-6-13(7-9-14)11-16-5-2/h4,6-9,12,16H,1,5,10-11H2,2-3H3,(H,17,18). The van der Waals surface area contributed by atoms with Crippen LogP contribution in [0.1, 0.15) is 19.4 Å². The lowest BCUT2D eigenvalue weighted by Gasteiger charge is -2.14. The number of rotatable bonds is 8. The Morgan fingerprint density at radius 2 is 2.11 bits per heavy atom. The van der Waals surface area contributed by atoms with Gasteiger partial charge in [0.2, 0.25) is 0 Å². The molecule has 1 unspecified atom stereocenters. The highest BCUT2D eigenvalue weighted by atomic mass is 16.5. The number of hydrogen-bond donors (Lipinski definition) is 2. The fourth-order valence-electron chi connectivity index (χ4n) is 1.53. The van der Waals surface area contributed by atoms with Crippen LogP contribution in [-0.4, -0.2) is 25.1 Å². The molecule has 0 saturated heterocycles.